The Kier molecular flexibility index (Phi) is 4.57. The molecule has 0 fully saturated rings. The summed E-state index contributed by atoms with van der Waals surface area (Å²) < 4.78 is 13.4. The van der Waals surface area contributed by atoms with Crippen molar-refractivity contribution in [3.8, 4) is 0 Å². The number of hydrogen-bond donors (Lipinski definition) is 2. The van der Waals surface area contributed by atoms with Gasteiger partial charge in [0.1, 0.15) is 16.8 Å². The molecule has 20 heavy (non-hydrogen) atoms. The Balaban J connectivity index is 2.23. The van der Waals surface area contributed by atoms with Crippen LogP contribution >= 0.6 is 27.5 Å². The van der Waals surface area contributed by atoms with Gasteiger partial charge in [0.25, 0.3) is 5.91 Å². The highest BCUT2D eigenvalue weighted by molar-refractivity contribution is 9.10. The van der Waals surface area contributed by atoms with E-state index in [1.54, 1.807) is 13.1 Å². The van der Waals surface area contributed by atoms with E-state index in [0.717, 1.165) is 0 Å². The second-order valence-electron chi connectivity index (χ2n) is 3.90. The van der Waals surface area contributed by atoms with Crippen molar-refractivity contribution in [1.82, 2.24) is 4.98 Å². The van der Waals surface area contributed by atoms with E-state index in [1.165, 1.54) is 24.3 Å². The van der Waals surface area contributed by atoms with Gasteiger partial charge in [-0.3, -0.25) is 4.79 Å². The molecule has 0 bridgehead atoms. The fourth-order valence-corrected chi connectivity index (χ4v) is 2.12. The maximum atomic E-state index is 13.1. The molecule has 0 aliphatic rings. The fourth-order valence-electron chi connectivity index (χ4n) is 1.53. The van der Waals surface area contributed by atoms with E-state index in [9.17, 15) is 9.18 Å². The van der Waals surface area contributed by atoms with E-state index in [0.29, 0.717) is 17.1 Å². The largest absolute Gasteiger partial charge is 0.373 e. The van der Waals surface area contributed by atoms with E-state index in [4.69, 9.17) is 11.6 Å². The summed E-state index contributed by atoms with van der Waals surface area (Å²) in [4.78, 5) is 16.1. The predicted octanol–water partition coefficient (Wildman–Crippen LogP) is 3.93. The number of benzene rings is 1. The lowest BCUT2D eigenvalue weighted by atomic mass is 10.2. The van der Waals surface area contributed by atoms with Crippen LogP contribution in [-0.4, -0.2) is 17.9 Å². The standard InChI is InChI=1S/C13H10BrClFN3O/c1-17-12-5-7(4-11(15)19-12)13(20)18-8-2-3-10(16)9(14)6-8/h2-6H,1H3,(H,17,19)(H,18,20). The Morgan fingerprint density at radius 2 is 2.10 bits per heavy atom. The first kappa shape index (κ1) is 14.7. The first-order valence-electron chi connectivity index (χ1n) is 5.61. The van der Waals surface area contributed by atoms with Gasteiger partial charge in [0.15, 0.2) is 0 Å². The number of anilines is 2. The van der Waals surface area contributed by atoms with Crippen molar-refractivity contribution in [2.75, 3.05) is 17.7 Å². The average molecular weight is 359 g/mol. The van der Waals surface area contributed by atoms with Crippen molar-refractivity contribution in [3.05, 3.63) is 51.3 Å². The Labute approximate surface area is 128 Å². The van der Waals surface area contributed by atoms with Gasteiger partial charge < -0.3 is 10.6 Å². The number of carbonyl (C=O) groups excluding carboxylic acids is 1. The summed E-state index contributed by atoms with van der Waals surface area (Å²) >= 11 is 8.89. The van der Waals surface area contributed by atoms with Crippen LogP contribution in [0.15, 0.2) is 34.8 Å². The summed E-state index contributed by atoms with van der Waals surface area (Å²) in [6.07, 6.45) is 0. The molecular weight excluding hydrogens is 349 g/mol. The fraction of sp³-hybridized carbons (Fsp3) is 0.0769. The molecule has 0 saturated heterocycles. The molecule has 1 amide bonds. The molecule has 1 heterocycles. The summed E-state index contributed by atoms with van der Waals surface area (Å²) in [5.74, 6) is -0.264. The van der Waals surface area contributed by atoms with Crippen LogP contribution in [0, 0.1) is 5.82 Å². The molecule has 1 aromatic carbocycles. The third kappa shape index (κ3) is 3.46. The molecule has 0 spiro atoms. The summed E-state index contributed by atoms with van der Waals surface area (Å²) in [5, 5.41) is 5.68. The molecule has 2 rings (SSSR count). The van der Waals surface area contributed by atoms with E-state index >= 15 is 0 Å². The molecule has 0 aliphatic heterocycles. The lowest BCUT2D eigenvalue weighted by Gasteiger charge is -2.08. The lowest BCUT2D eigenvalue weighted by molar-refractivity contribution is 0.102. The van der Waals surface area contributed by atoms with Gasteiger partial charge >= 0.3 is 0 Å². The predicted molar refractivity (Wildman–Crippen MR) is 80.8 cm³/mol. The van der Waals surface area contributed by atoms with Crippen LogP contribution in [-0.2, 0) is 0 Å². The van der Waals surface area contributed by atoms with Gasteiger partial charge in [-0.05, 0) is 46.3 Å². The topological polar surface area (TPSA) is 54.0 Å². The Hall–Kier alpha value is -1.66. The van der Waals surface area contributed by atoms with Crippen molar-refractivity contribution in [3.63, 3.8) is 0 Å². The van der Waals surface area contributed by atoms with Gasteiger partial charge in [0.2, 0.25) is 0 Å². The van der Waals surface area contributed by atoms with Crippen LogP contribution in [0.2, 0.25) is 5.15 Å². The second kappa shape index (κ2) is 6.19. The van der Waals surface area contributed by atoms with E-state index in [2.05, 4.69) is 31.5 Å². The number of rotatable bonds is 3. The zero-order valence-electron chi connectivity index (χ0n) is 10.4. The number of hydrogen-bond acceptors (Lipinski definition) is 3. The lowest BCUT2D eigenvalue weighted by Crippen LogP contribution is -2.12. The Bertz CT molecular complexity index is 666. The van der Waals surface area contributed by atoms with Gasteiger partial charge in [-0.15, -0.1) is 0 Å². The molecule has 2 aromatic rings. The van der Waals surface area contributed by atoms with Crippen LogP contribution in [0.5, 0.6) is 0 Å². The third-order valence-electron chi connectivity index (χ3n) is 2.49. The summed E-state index contributed by atoms with van der Waals surface area (Å²) in [6, 6.07) is 7.24. The molecule has 0 unspecified atom stereocenters. The molecule has 0 saturated carbocycles. The summed E-state index contributed by atoms with van der Waals surface area (Å²) in [6.45, 7) is 0. The van der Waals surface area contributed by atoms with Crippen LogP contribution in [0.25, 0.3) is 0 Å². The quantitative estimate of drug-likeness (QED) is 0.817. The number of aromatic nitrogens is 1. The molecule has 0 radical (unpaired) electrons. The number of carbonyl (C=O) groups is 1. The molecule has 1 aromatic heterocycles. The van der Waals surface area contributed by atoms with Crippen LogP contribution in [0.1, 0.15) is 10.4 Å². The van der Waals surface area contributed by atoms with Crippen LogP contribution in [0.3, 0.4) is 0 Å². The normalized spacial score (nSPS) is 10.2. The van der Waals surface area contributed by atoms with E-state index < -0.39 is 5.82 Å². The Morgan fingerprint density at radius 1 is 1.35 bits per heavy atom. The van der Waals surface area contributed by atoms with E-state index in [1.807, 2.05) is 0 Å². The van der Waals surface area contributed by atoms with Gasteiger partial charge in [0, 0.05) is 18.3 Å². The van der Waals surface area contributed by atoms with Gasteiger partial charge in [-0.1, -0.05) is 11.6 Å². The van der Waals surface area contributed by atoms with Crippen molar-refractivity contribution in [1.29, 1.82) is 0 Å². The zero-order valence-corrected chi connectivity index (χ0v) is 12.7. The van der Waals surface area contributed by atoms with Crippen molar-refractivity contribution in [2.45, 2.75) is 0 Å². The number of nitrogens with zero attached hydrogens (tertiary/aromatic N) is 1. The van der Waals surface area contributed by atoms with Crippen LogP contribution < -0.4 is 10.6 Å². The first-order chi connectivity index (χ1) is 9.49. The highest BCUT2D eigenvalue weighted by Crippen LogP contribution is 2.21. The van der Waals surface area contributed by atoms with Crippen LogP contribution in [0.4, 0.5) is 15.9 Å². The third-order valence-corrected chi connectivity index (χ3v) is 3.29. The molecule has 0 atom stereocenters. The number of halogens is 3. The van der Waals surface area contributed by atoms with Gasteiger partial charge in [-0.2, -0.15) is 0 Å². The molecule has 7 heteroatoms. The maximum absolute atomic E-state index is 13.1. The molecule has 4 nitrogen and oxygen atoms in total. The minimum Gasteiger partial charge on any atom is -0.373 e. The number of nitrogens with one attached hydrogen (secondary N) is 2. The number of amides is 1. The van der Waals surface area contributed by atoms with Crippen molar-refractivity contribution >= 4 is 44.9 Å². The highest BCUT2D eigenvalue weighted by Gasteiger charge is 2.10. The van der Waals surface area contributed by atoms with Crippen molar-refractivity contribution in [2.24, 2.45) is 0 Å². The minimum atomic E-state index is -0.396. The summed E-state index contributed by atoms with van der Waals surface area (Å²) in [7, 11) is 1.68. The zero-order chi connectivity index (χ0) is 14.7. The Morgan fingerprint density at radius 3 is 2.75 bits per heavy atom. The van der Waals surface area contributed by atoms with Crippen molar-refractivity contribution < 1.29 is 9.18 Å². The summed E-state index contributed by atoms with van der Waals surface area (Å²) in [5.41, 5.74) is 0.831. The minimum absolute atomic E-state index is 0.210. The maximum Gasteiger partial charge on any atom is 0.255 e. The molecule has 104 valence electrons. The SMILES string of the molecule is CNc1cc(C(=O)Nc2ccc(F)c(Br)c2)cc(Cl)n1. The van der Waals surface area contributed by atoms with Gasteiger partial charge in [0.05, 0.1) is 4.47 Å². The smallest absolute Gasteiger partial charge is 0.255 e. The monoisotopic (exact) mass is 357 g/mol. The highest BCUT2D eigenvalue weighted by atomic mass is 79.9. The first-order valence-corrected chi connectivity index (χ1v) is 6.78. The second-order valence-corrected chi connectivity index (χ2v) is 5.14. The average Bonchev–Trinajstić information content (AvgIpc) is 2.42. The van der Waals surface area contributed by atoms with E-state index in [-0.39, 0.29) is 15.5 Å². The molecular formula is C13H10BrClFN3O. The van der Waals surface area contributed by atoms with Gasteiger partial charge in [-0.25, -0.2) is 9.37 Å². The number of pyridine rings is 1. The molecule has 0 aliphatic carbocycles. The molecule has 2 N–H and O–H groups in total.